The molecule has 0 bridgehead atoms. The normalized spacial score (nSPS) is 20.6. The highest BCUT2D eigenvalue weighted by molar-refractivity contribution is 6.29. The first-order valence-corrected chi connectivity index (χ1v) is 9.83. The van der Waals surface area contributed by atoms with Crippen molar-refractivity contribution in [3.8, 4) is 5.75 Å². The Hall–Kier alpha value is -2.21. The summed E-state index contributed by atoms with van der Waals surface area (Å²) < 4.78 is 6.16. The molecule has 2 N–H and O–H groups in total. The van der Waals surface area contributed by atoms with Gasteiger partial charge in [0.15, 0.2) is 0 Å². The molecule has 2 atom stereocenters. The standard InChI is InChI=1S/C22H24ClN3O2/c1-13-9-19(23)26-17-10-16-18(11-15(13)17)28-22(2,3)21(27)20(16)25-8-6-14-5-4-7-24-12-14/h4-5,7,9-12,20-21,25,27H,6,8H2,1-3H3/t20-,21+/m0/s1. The molecule has 0 saturated heterocycles. The van der Waals surface area contributed by atoms with Gasteiger partial charge in [-0.1, -0.05) is 17.7 Å². The molecule has 1 aromatic carbocycles. The van der Waals surface area contributed by atoms with Gasteiger partial charge in [-0.3, -0.25) is 4.98 Å². The molecule has 4 rings (SSSR count). The van der Waals surface area contributed by atoms with Crippen molar-refractivity contribution in [1.29, 1.82) is 0 Å². The summed E-state index contributed by atoms with van der Waals surface area (Å²) in [7, 11) is 0. The monoisotopic (exact) mass is 397 g/mol. The molecule has 0 saturated carbocycles. The molecule has 0 fully saturated rings. The minimum Gasteiger partial charge on any atom is -0.485 e. The first-order valence-electron chi connectivity index (χ1n) is 9.45. The molecule has 5 nitrogen and oxygen atoms in total. The third kappa shape index (κ3) is 3.58. The minimum atomic E-state index is -0.708. The molecule has 28 heavy (non-hydrogen) atoms. The number of aromatic nitrogens is 2. The van der Waals surface area contributed by atoms with E-state index >= 15 is 0 Å². The van der Waals surface area contributed by atoms with Crippen LogP contribution in [-0.4, -0.2) is 33.3 Å². The van der Waals surface area contributed by atoms with Crippen molar-refractivity contribution in [2.75, 3.05) is 6.54 Å². The van der Waals surface area contributed by atoms with E-state index < -0.39 is 11.7 Å². The maximum atomic E-state index is 11.0. The molecule has 0 amide bonds. The maximum absolute atomic E-state index is 11.0. The number of aliphatic hydroxyl groups excluding tert-OH is 1. The predicted molar refractivity (Wildman–Crippen MR) is 111 cm³/mol. The number of nitrogens with zero attached hydrogens (tertiary/aromatic N) is 2. The molecule has 1 aliphatic heterocycles. The summed E-state index contributed by atoms with van der Waals surface area (Å²) in [5.74, 6) is 0.772. The summed E-state index contributed by atoms with van der Waals surface area (Å²) >= 11 is 6.16. The number of hydrogen-bond donors (Lipinski definition) is 2. The lowest BCUT2D eigenvalue weighted by Gasteiger charge is -2.42. The van der Waals surface area contributed by atoms with Gasteiger partial charge < -0.3 is 15.2 Å². The van der Waals surface area contributed by atoms with Gasteiger partial charge in [-0.25, -0.2) is 4.98 Å². The Morgan fingerprint density at radius 1 is 1.29 bits per heavy atom. The average molecular weight is 398 g/mol. The fourth-order valence-corrected chi connectivity index (χ4v) is 4.04. The Morgan fingerprint density at radius 2 is 2.11 bits per heavy atom. The molecule has 146 valence electrons. The van der Waals surface area contributed by atoms with E-state index in [-0.39, 0.29) is 6.04 Å². The third-order valence-electron chi connectivity index (χ3n) is 5.35. The van der Waals surface area contributed by atoms with Crippen LogP contribution in [0.25, 0.3) is 10.9 Å². The number of benzene rings is 1. The smallest absolute Gasteiger partial charge is 0.131 e. The molecule has 1 aliphatic rings. The average Bonchev–Trinajstić information content (AvgIpc) is 2.65. The lowest BCUT2D eigenvalue weighted by Crippen LogP contribution is -2.52. The molecule has 6 heteroatoms. The van der Waals surface area contributed by atoms with Gasteiger partial charge in [0.2, 0.25) is 0 Å². The topological polar surface area (TPSA) is 67.3 Å². The van der Waals surface area contributed by atoms with E-state index in [0.717, 1.165) is 39.8 Å². The van der Waals surface area contributed by atoms with Crippen LogP contribution in [0.5, 0.6) is 5.75 Å². The summed E-state index contributed by atoms with van der Waals surface area (Å²) in [6.07, 6.45) is 3.75. The Labute approximate surface area is 169 Å². The van der Waals surface area contributed by atoms with Crippen molar-refractivity contribution < 1.29 is 9.84 Å². The van der Waals surface area contributed by atoms with Crippen molar-refractivity contribution in [3.63, 3.8) is 0 Å². The van der Waals surface area contributed by atoms with Gasteiger partial charge in [0.1, 0.15) is 22.6 Å². The van der Waals surface area contributed by atoms with Gasteiger partial charge in [-0.15, -0.1) is 0 Å². The Balaban J connectivity index is 1.68. The zero-order chi connectivity index (χ0) is 19.9. The zero-order valence-electron chi connectivity index (χ0n) is 16.2. The lowest BCUT2D eigenvalue weighted by atomic mass is 9.85. The summed E-state index contributed by atoms with van der Waals surface area (Å²) in [5.41, 5.74) is 3.20. The highest BCUT2D eigenvalue weighted by atomic mass is 35.5. The van der Waals surface area contributed by atoms with Gasteiger partial charge in [0.25, 0.3) is 0 Å². The van der Waals surface area contributed by atoms with Crippen molar-refractivity contribution in [2.45, 2.75) is 44.9 Å². The number of nitrogens with one attached hydrogen (secondary N) is 1. The first-order chi connectivity index (χ1) is 13.3. The molecule has 0 unspecified atom stereocenters. The summed E-state index contributed by atoms with van der Waals surface area (Å²) in [6.45, 7) is 6.54. The van der Waals surface area contributed by atoms with Crippen molar-refractivity contribution >= 4 is 22.5 Å². The van der Waals surface area contributed by atoms with E-state index in [0.29, 0.717) is 11.7 Å². The second-order valence-electron chi connectivity index (χ2n) is 7.86. The molecule has 0 aliphatic carbocycles. The van der Waals surface area contributed by atoms with Crippen LogP contribution in [0.15, 0.2) is 42.7 Å². The number of pyridine rings is 2. The summed E-state index contributed by atoms with van der Waals surface area (Å²) in [4.78, 5) is 8.62. The van der Waals surface area contributed by atoms with Gasteiger partial charge in [0, 0.05) is 23.3 Å². The Morgan fingerprint density at radius 3 is 2.86 bits per heavy atom. The summed E-state index contributed by atoms with van der Waals surface area (Å²) in [5, 5.41) is 15.9. The van der Waals surface area contributed by atoms with Crippen molar-refractivity contribution in [2.24, 2.45) is 0 Å². The van der Waals surface area contributed by atoms with Crippen LogP contribution < -0.4 is 10.1 Å². The van der Waals surface area contributed by atoms with Gasteiger partial charge in [-0.2, -0.15) is 0 Å². The molecule has 2 aromatic heterocycles. The highest BCUT2D eigenvalue weighted by Crippen LogP contribution is 2.42. The number of aryl methyl sites for hydroxylation is 1. The lowest BCUT2D eigenvalue weighted by molar-refractivity contribution is -0.0642. The van der Waals surface area contributed by atoms with Crippen LogP contribution in [-0.2, 0) is 6.42 Å². The van der Waals surface area contributed by atoms with E-state index in [1.54, 1.807) is 6.20 Å². The number of ether oxygens (including phenoxy) is 1. The van der Waals surface area contributed by atoms with E-state index in [4.69, 9.17) is 16.3 Å². The number of hydrogen-bond acceptors (Lipinski definition) is 5. The number of halogens is 1. The Kier molecular flexibility index (Phi) is 5.00. The van der Waals surface area contributed by atoms with Crippen molar-refractivity contribution in [1.82, 2.24) is 15.3 Å². The van der Waals surface area contributed by atoms with Crippen LogP contribution in [0, 0.1) is 6.92 Å². The fourth-order valence-electron chi connectivity index (χ4n) is 3.78. The van der Waals surface area contributed by atoms with Crippen molar-refractivity contribution in [3.05, 3.63) is 64.6 Å². The van der Waals surface area contributed by atoms with E-state index in [1.165, 1.54) is 0 Å². The van der Waals surface area contributed by atoms with Crippen LogP contribution in [0.2, 0.25) is 5.15 Å². The second-order valence-corrected chi connectivity index (χ2v) is 8.25. The quantitative estimate of drug-likeness (QED) is 0.651. The largest absolute Gasteiger partial charge is 0.485 e. The van der Waals surface area contributed by atoms with Gasteiger partial charge in [-0.05, 0) is 69.1 Å². The van der Waals surface area contributed by atoms with Crippen LogP contribution in [0.3, 0.4) is 0 Å². The fraction of sp³-hybridized carbons (Fsp3) is 0.364. The number of aliphatic hydroxyl groups is 1. The van der Waals surface area contributed by atoms with E-state index in [1.807, 2.05) is 51.2 Å². The Bertz CT molecular complexity index is 1010. The van der Waals surface area contributed by atoms with Crippen LogP contribution in [0.1, 0.15) is 36.6 Å². The number of rotatable bonds is 4. The molecule has 3 heterocycles. The third-order valence-corrected chi connectivity index (χ3v) is 5.55. The van der Waals surface area contributed by atoms with Gasteiger partial charge in [0.05, 0.1) is 11.6 Å². The second kappa shape index (κ2) is 7.32. The highest BCUT2D eigenvalue weighted by Gasteiger charge is 2.42. The molecule has 0 spiro atoms. The SMILES string of the molecule is Cc1cc(Cl)nc2cc3c(cc12)OC(C)(C)[C@H](O)[C@H]3NCCc1cccnc1. The van der Waals surface area contributed by atoms with Crippen LogP contribution in [0.4, 0.5) is 0 Å². The van der Waals surface area contributed by atoms with Crippen LogP contribution >= 0.6 is 11.6 Å². The minimum absolute atomic E-state index is 0.263. The van der Waals surface area contributed by atoms with E-state index in [2.05, 4.69) is 21.4 Å². The maximum Gasteiger partial charge on any atom is 0.131 e. The predicted octanol–water partition coefficient (Wildman–Crippen LogP) is 4.00. The molecule has 3 aromatic rings. The first kappa shape index (κ1) is 19.1. The zero-order valence-corrected chi connectivity index (χ0v) is 17.0. The number of fused-ring (bicyclic) bond motifs is 2. The van der Waals surface area contributed by atoms with E-state index in [9.17, 15) is 5.11 Å². The molecular formula is C22H24ClN3O2. The summed E-state index contributed by atoms with van der Waals surface area (Å²) in [6, 6.07) is 9.55. The molecule has 0 radical (unpaired) electrons. The van der Waals surface area contributed by atoms with Gasteiger partial charge >= 0.3 is 0 Å². The molecular weight excluding hydrogens is 374 g/mol.